The number of ether oxygens (including phenoxy) is 14. The highest BCUT2D eigenvalue weighted by Crippen LogP contribution is 2.28. The standard InChI is InChI=1S/C55H98N12O28/c1-35(70)63-46-37(65-54(56)57)29-41(52(77)78)94-50(46)48(39(72)31-68)91-33-43(74)61-4-9-82-11-6-67(45(76)3-8-81-13-14-84-15-16-85-17-18-86-19-20-87-21-22-88-23-24-89-25-26-90-27-28-93-60)7-12-83-10-5-62-44(75)34-92-49(40(73)32-69)51-47(64-36(2)71)38(66-55(58)59)30-42(95-51)53(79)80/h29-30,37-40,46-51,68-69,72-73H,3-28,31-34,60H2,1-2H3,(H,61,74)(H,62,75)(H,63,70)(H,64,71)(H,77,78)(H,79,80)(H4,56,57,65)(H4,58,59,66)/t37-,38-,39+,40+,46+,47+,48+,49+,50+,51+/m0/s1. The van der Waals surface area contributed by atoms with Crippen molar-refractivity contribution in [2.75, 3.05) is 191 Å². The zero-order chi connectivity index (χ0) is 70.2. The van der Waals surface area contributed by atoms with E-state index in [1.807, 2.05) is 0 Å². The van der Waals surface area contributed by atoms with Crippen molar-refractivity contribution in [2.24, 2.45) is 38.8 Å². The largest absolute Gasteiger partial charge is 0.478 e. The Kier molecular flexibility index (Phi) is 45.7. The highest BCUT2D eigenvalue weighted by atomic mass is 16.6. The maximum Gasteiger partial charge on any atom is 0.370 e. The van der Waals surface area contributed by atoms with Gasteiger partial charge in [0.25, 0.3) is 0 Å². The van der Waals surface area contributed by atoms with Crippen molar-refractivity contribution in [2.45, 2.75) is 81.1 Å². The number of carbonyl (C=O) groups is 7. The van der Waals surface area contributed by atoms with Crippen LogP contribution in [-0.4, -0.2) is 341 Å². The molecule has 10 atom stereocenters. The quantitative estimate of drug-likeness (QED) is 0.0116. The molecule has 20 N–H and O–H groups in total. The summed E-state index contributed by atoms with van der Waals surface area (Å²) in [6.45, 7) is 4.44. The van der Waals surface area contributed by atoms with Crippen molar-refractivity contribution in [1.82, 2.24) is 26.2 Å². The second-order valence-electron chi connectivity index (χ2n) is 20.3. The molecule has 0 radical (unpaired) electrons. The van der Waals surface area contributed by atoms with Gasteiger partial charge >= 0.3 is 11.9 Å². The molecule has 0 aromatic carbocycles. The van der Waals surface area contributed by atoms with Crippen molar-refractivity contribution in [3.63, 3.8) is 0 Å². The van der Waals surface area contributed by atoms with Gasteiger partial charge in [-0.2, -0.15) is 0 Å². The number of guanidine groups is 2. The smallest absolute Gasteiger partial charge is 0.370 e. The van der Waals surface area contributed by atoms with Gasteiger partial charge in [0, 0.05) is 40.0 Å². The third-order valence-electron chi connectivity index (χ3n) is 12.9. The molecule has 5 amide bonds. The highest BCUT2D eigenvalue weighted by Gasteiger charge is 2.47. The SMILES string of the molecule is CC(=O)N[C@H]1[C@H]([C@H](OCC(=O)NCCOCCN(CCOCCNC(=O)CO[C@@H]([C@@H]2OC(C(=O)O)=C[C@H](N=C(N)N)[C@H]2NC(C)=O)[C@H](O)CO)C(=O)CCOCCOCCOCCOCCOCCOCCOCCOCCON)[C@H](O)CO)OC(C(=O)O)=C[C@@H]1N=C(N)N. The van der Waals surface area contributed by atoms with E-state index in [0.29, 0.717) is 85.9 Å². The summed E-state index contributed by atoms with van der Waals surface area (Å²) in [5.74, 6) is -3.51. The number of carboxylic acid groups (broad SMARTS) is 2. The maximum absolute atomic E-state index is 13.5. The summed E-state index contributed by atoms with van der Waals surface area (Å²) in [5, 5.41) is 70.8. The van der Waals surface area contributed by atoms with Crippen molar-refractivity contribution in [3.05, 3.63) is 23.7 Å². The average molecular weight is 1380 g/mol. The van der Waals surface area contributed by atoms with Gasteiger partial charge in [-0.1, -0.05) is 0 Å². The number of rotatable bonds is 57. The monoisotopic (exact) mass is 1370 g/mol. The molecule has 0 fully saturated rings. The van der Waals surface area contributed by atoms with E-state index in [9.17, 15) is 64.2 Å². The molecule has 0 bridgehead atoms. The number of amides is 5. The third-order valence-corrected chi connectivity index (χ3v) is 12.9. The first-order valence-electron chi connectivity index (χ1n) is 30.3. The molecule has 95 heavy (non-hydrogen) atoms. The number of nitrogens with two attached hydrogens (primary N) is 5. The normalized spacial score (nSPS) is 18.9. The number of aliphatic hydroxyl groups is 4. The number of aliphatic imine (C=N–C) groups is 2. The van der Waals surface area contributed by atoms with Gasteiger partial charge < -0.3 is 151 Å². The first-order valence-corrected chi connectivity index (χ1v) is 30.3. The van der Waals surface area contributed by atoms with Crippen molar-refractivity contribution < 1.29 is 135 Å². The molecule has 0 aromatic rings. The van der Waals surface area contributed by atoms with Crippen LogP contribution in [0.4, 0.5) is 0 Å². The molecule has 0 aliphatic carbocycles. The minimum absolute atomic E-state index is 0.0258. The van der Waals surface area contributed by atoms with Crippen LogP contribution >= 0.6 is 0 Å². The van der Waals surface area contributed by atoms with Gasteiger partial charge in [0.2, 0.25) is 41.1 Å². The summed E-state index contributed by atoms with van der Waals surface area (Å²) < 4.78 is 77.6. The van der Waals surface area contributed by atoms with Crippen LogP contribution in [0.2, 0.25) is 0 Å². The van der Waals surface area contributed by atoms with Gasteiger partial charge in [0.05, 0.1) is 183 Å². The van der Waals surface area contributed by atoms with E-state index in [-0.39, 0.29) is 91.4 Å². The third kappa shape index (κ3) is 37.9. The van der Waals surface area contributed by atoms with E-state index in [2.05, 4.69) is 36.1 Å². The maximum atomic E-state index is 13.5. The molecular weight excluding hydrogens is 1280 g/mol. The van der Waals surface area contributed by atoms with Crippen LogP contribution in [0, 0.1) is 0 Å². The second-order valence-corrected chi connectivity index (χ2v) is 20.3. The first kappa shape index (κ1) is 84.3. The molecule has 546 valence electrons. The summed E-state index contributed by atoms with van der Waals surface area (Å²) in [6.07, 6.45) is -7.82. The Hall–Kier alpha value is -6.81. The number of carbonyl (C=O) groups excluding carboxylic acids is 5. The molecule has 0 unspecified atom stereocenters. The number of hydrogen-bond donors (Lipinski definition) is 15. The van der Waals surface area contributed by atoms with E-state index < -0.39 is 146 Å². The predicted octanol–water partition coefficient (Wildman–Crippen LogP) is -9.00. The fourth-order valence-electron chi connectivity index (χ4n) is 8.60. The Bertz CT molecular complexity index is 2220. The van der Waals surface area contributed by atoms with E-state index in [0.717, 1.165) is 26.0 Å². The lowest BCUT2D eigenvalue weighted by molar-refractivity contribution is -0.158. The first-order chi connectivity index (χ1) is 45.6. The minimum Gasteiger partial charge on any atom is -0.478 e. The molecule has 40 nitrogen and oxygen atoms in total. The Morgan fingerprint density at radius 3 is 1.12 bits per heavy atom. The van der Waals surface area contributed by atoms with E-state index in [1.54, 1.807) is 0 Å². The lowest BCUT2D eigenvalue weighted by Gasteiger charge is -2.40. The van der Waals surface area contributed by atoms with Gasteiger partial charge in [0.15, 0.2) is 24.1 Å². The highest BCUT2D eigenvalue weighted by molar-refractivity contribution is 5.86. The summed E-state index contributed by atoms with van der Waals surface area (Å²) in [5.41, 5.74) is 22.2. The number of nitrogens with one attached hydrogen (secondary N) is 4. The summed E-state index contributed by atoms with van der Waals surface area (Å²) in [4.78, 5) is 101. The van der Waals surface area contributed by atoms with Crippen LogP contribution < -0.4 is 50.1 Å². The number of carboxylic acids is 2. The molecule has 0 saturated carbocycles. The number of aliphatic hydroxyl groups excluding tert-OH is 4. The van der Waals surface area contributed by atoms with Crippen molar-refractivity contribution in [3.8, 4) is 0 Å². The van der Waals surface area contributed by atoms with Gasteiger partial charge in [-0.05, 0) is 12.2 Å². The second kappa shape index (κ2) is 51.5. The zero-order valence-electron chi connectivity index (χ0n) is 53.5. The van der Waals surface area contributed by atoms with Crippen molar-refractivity contribution >= 4 is 53.4 Å². The van der Waals surface area contributed by atoms with Gasteiger partial charge in [0.1, 0.15) is 37.6 Å². The van der Waals surface area contributed by atoms with Crippen LogP contribution in [0.3, 0.4) is 0 Å². The predicted molar refractivity (Wildman–Crippen MR) is 327 cm³/mol. The Balaban J connectivity index is 1.89. The molecule has 2 heterocycles. The van der Waals surface area contributed by atoms with Crippen LogP contribution in [0.1, 0.15) is 20.3 Å². The average Bonchev–Trinajstić information content (AvgIpc) is 0.822. The van der Waals surface area contributed by atoms with Gasteiger partial charge in [-0.15, -0.1) is 0 Å². The lowest BCUT2D eigenvalue weighted by atomic mass is 9.92. The summed E-state index contributed by atoms with van der Waals surface area (Å²) in [6, 6.07) is -4.94. The molecule has 0 saturated heterocycles. The van der Waals surface area contributed by atoms with Gasteiger partial charge in [-0.25, -0.2) is 25.5 Å². The van der Waals surface area contributed by atoms with Crippen LogP contribution in [0.25, 0.3) is 0 Å². The molecule has 0 aromatic heterocycles. The van der Waals surface area contributed by atoms with Gasteiger partial charge in [-0.3, -0.25) is 24.0 Å². The number of hydrogen-bond acceptors (Lipinski definition) is 29. The molecule has 0 spiro atoms. The topological polar surface area (TPSA) is 586 Å². The fraction of sp³-hybridized carbons (Fsp3) is 0.764. The van der Waals surface area contributed by atoms with Crippen molar-refractivity contribution in [1.29, 1.82) is 0 Å². The molecule has 2 aliphatic heterocycles. The molecule has 40 heteroatoms. The summed E-state index contributed by atoms with van der Waals surface area (Å²) >= 11 is 0. The van der Waals surface area contributed by atoms with Crippen LogP contribution in [-0.2, 0) is 105 Å². The molecule has 2 aliphatic rings. The molecular formula is C55H98N12O28. The Labute approximate surface area is 548 Å². The summed E-state index contributed by atoms with van der Waals surface area (Å²) in [7, 11) is 0. The fourth-order valence-corrected chi connectivity index (χ4v) is 8.60. The lowest BCUT2D eigenvalue weighted by Crippen LogP contribution is -2.60. The minimum atomic E-state index is -1.76. The van der Waals surface area contributed by atoms with E-state index in [1.165, 1.54) is 4.90 Å². The van der Waals surface area contributed by atoms with Crippen LogP contribution in [0.15, 0.2) is 33.7 Å². The zero-order valence-corrected chi connectivity index (χ0v) is 53.5. The molecule has 2 rings (SSSR count). The Morgan fingerprint density at radius 2 is 0.821 bits per heavy atom. The Morgan fingerprint density at radius 1 is 0.505 bits per heavy atom. The number of aliphatic carboxylic acids is 2. The van der Waals surface area contributed by atoms with E-state index >= 15 is 0 Å². The van der Waals surface area contributed by atoms with E-state index in [4.69, 9.17) is 95.1 Å². The van der Waals surface area contributed by atoms with Crippen LogP contribution in [0.5, 0.6) is 0 Å². The number of nitrogens with zero attached hydrogens (tertiary/aromatic N) is 3.